The number of benzene rings is 1. The van der Waals surface area contributed by atoms with Crippen LogP contribution in [0.3, 0.4) is 0 Å². The Bertz CT molecular complexity index is 998. The van der Waals surface area contributed by atoms with Gasteiger partial charge in [-0.15, -0.1) is 0 Å². The third kappa shape index (κ3) is 2.91. The third-order valence-electron chi connectivity index (χ3n) is 6.84. The Labute approximate surface area is 175 Å². The number of amides is 4. The zero-order valence-corrected chi connectivity index (χ0v) is 17.0. The third-order valence-corrected chi connectivity index (χ3v) is 6.84. The second kappa shape index (κ2) is 7.00. The van der Waals surface area contributed by atoms with Gasteiger partial charge in [0.15, 0.2) is 0 Å². The summed E-state index contributed by atoms with van der Waals surface area (Å²) < 4.78 is 5.47. The van der Waals surface area contributed by atoms with Gasteiger partial charge in [-0.25, -0.2) is 4.79 Å². The van der Waals surface area contributed by atoms with Crippen molar-refractivity contribution in [2.24, 2.45) is 5.92 Å². The Hall–Kier alpha value is -3.09. The number of aryl methyl sites for hydroxylation is 1. The lowest BCUT2D eigenvalue weighted by atomic mass is 9.90. The summed E-state index contributed by atoms with van der Waals surface area (Å²) in [6.45, 7) is 2.27. The van der Waals surface area contributed by atoms with Crippen LogP contribution in [0.4, 0.5) is 4.79 Å². The fourth-order valence-electron chi connectivity index (χ4n) is 4.97. The number of furan rings is 1. The summed E-state index contributed by atoms with van der Waals surface area (Å²) in [6.07, 6.45) is 4.99. The van der Waals surface area contributed by atoms with Gasteiger partial charge in [0.1, 0.15) is 17.8 Å². The summed E-state index contributed by atoms with van der Waals surface area (Å²) in [5, 5.41) is 2.45. The van der Waals surface area contributed by atoms with Crippen molar-refractivity contribution in [1.29, 1.82) is 0 Å². The monoisotopic (exact) mass is 407 g/mol. The van der Waals surface area contributed by atoms with Crippen molar-refractivity contribution >= 4 is 17.8 Å². The normalized spacial score (nSPS) is 23.6. The highest BCUT2D eigenvalue weighted by Gasteiger charge is 2.57. The molecule has 7 nitrogen and oxygen atoms in total. The number of rotatable bonds is 6. The van der Waals surface area contributed by atoms with Crippen LogP contribution in [0, 0.1) is 5.92 Å². The molecule has 3 aliphatic rings. The molecule has 2 unspecified atom stereocenters. The molecule has 1 aliphatic heterocycles. The molecule has 1 N–H and O–H groups in total. The van der Waals surface area contributed by atoms with Crippen LogP contribution in [0.5, 0.6) is 0 Å². The molecule has 0 bridgehead atoms. The van der Waals surface area contributed by atoms with Gasteiger partial charge in [0.05, 0.1) is 12.8 Å². The predicted molar refractivity (Wildman–Crippen MR) is 108 cm³/mol. The number of urea groups is 1. The van der Waals surface area contributed by atoms with Gasteiger partial charge in [-0.05, 0) is 61.8 Å². The molecule has 0 radical (unpaired) electrons. The Morgan fingerprint density at radius 1 is 1.27 bits per heavy atom. The Kier molecular flexibility index (Phi) is 4.41. The van der Waals surface area contributed by atoms with Gasteiger partial charge in [0.2, 0.25) is 5.91 Å². The molecule has 4 amide bonds. The minimum Gasteiger partial charge on any atom is -0.467 e. The number of hydrogen-bond acceptors (Lipinski definition) is 4. The molecule has 2 heterocycles. The van der Waals surface area contributed by atoms with Gasteiger partial charge in [-0.2, -0.15) is 0 Å². The summed E-state index contributed by atoms with van der Waals surface area (Å²) in [6, 6.07) is 10.9. The quantitative estimate of drug-likeness (QED) is 0.747. The van der Waals surface area contributed by atoms with Gasteiger partial charge in [-0.3, -0.25) is 19.8 Å². The van der Waals surface area contributed by atoms with E-state index in [1.54, 1.807) is 17.2 Å². The van der Waals surface area contributed by atoms with Crippen LogP contribution in [0.25, 0.3) is 0 Å². The number of nitrogens with zero attached hydrogens (tertiary/aromatic N) is 2. The molecule has 1 aromatic heterocycles. The molecule has 2 aliphatic carbocycles. The molecular weight excluding hydrogens is 382 g/mol. The SMILES string of the molecule is CC(C1CC1)N(Cc1ccco1)C(=O)CN1C(=O)NC(=O)C12CCc1ccccc12. The van der Waals surface area contributed by atoms with Gasteiger partial charge < -0.3 is 9.32 Å². The molecule has 5 rings (SSSR count). The predicted octanol–water partition coefficient (Wildman–Crippen LogP) is 2.80. The molecule has 156 valence electrons. The van der Waals surface area contributed by atoms with Crippen LogP contribution in [-0.4, -0.2) is 40.2 Å². The Balaban J connectivity index is 1.44. The molecule has 1 aromatic carbocycles. The standard InChI is InChI=1S/C23H25N3O4/c1-15(16-8-9-16)25(13-18-6-4-12-30-18)20(27)14-26-22(29)24-21(28)23(26)11-10-17-5-2-3-7-19(17)23/h2-7,12,15-16H,8-11,13-14H2,1H3,(H,24,28,29). The molecule has 30 heavy (non-hydrogen) atoms. The highest BCUT2D eigenvalue weighted by molar-refractivity contribution is 6.09. The molecule has 1 saturated heterocycles. The summed E-state index contributed by atoms with van der Waals surface area (Å²) >= 11 is 0. The van der Waals surface area contributed by atoms with Crippen LogP contribution in [-0.2, 0) is 28.1 Å². The van der Waals surface area contributed by atoms with Crippen molar-refractivity contribution in [3.05, 3.63) is 59.5 Å². The lowest BCUT2D eigenvalue weighted by Crippen LogP contribution is -2.51. The van der Waals surface area contributed by atoms with E-state index in [1.165, 1.54) is 4.90 Å². The maximum Gasteiger partial charge on any atom is 0.325 e. The van der Waals surface area contributed by atoms with Crippen molar-refractivity contribution in [2.75, 3.05) is 6.54 Å². The van der Waals surface area contributed by atoms with E-state index < -0.39 is 11.6 Å². The van der Waals surface area contributed by atoms with Crippen LogP contribution < -0.4 is 5.32 Å². The van der Waals surface area contributed by atoms with Crippen LogP contribution in [0.2, 0.25) is 0 Å². The lowest BCUT2D eigenvalue weighted by molar-refractivity contribution is -0.137. The van der Waals surface area contributed by atoms with E-state index in [9.17, 15) is 14.4 Å². The number of imide groups is 1. The van der Waals surface area contributed by atoms with Gasteiger partial charge in [0, 0.05) is 6.04 Å². The van der Waals surface area contributed by atoms with E-state index in [0.29, 0.717) is 31.1 Å². The lowest BCUT2D eigenvalue weighted by Gasteiger charge is -2.35. The van der Waals surface area contributed by atoms with Crippen molar-refractivity contribution in [1.82, 2.24) is 15.1 Å². The Morgan fingerprint density at radius 2 is 2.07 bits per heavy atom. The number of hydrogen-bond donors (Lipinski definition) is 1. The maximum atomic E-state index is 13.5. The van der Waals surface area contributed by atoms with Crippen molar-refractivity contribution in [3.8, 4) is 0 Å². The zero-order valence-electron chi connectivity index (χ0n) is 17.0. The number of fused-ring (bicyclic) bond motifs is 2. The average molecular weight is 407 g/mol. The number of nitrogens with one attached hydrogen (secondary N) is 1. The first kappa shape index (κ1) is 18.9. The minimum atomic E-state index is -1.09. The fourth-order valence-corrected chi connectivity index (χ4v) is 4.97. The van der Waals surface area contributed by atoms with Gasteiger partial charge in [-0.1, -0.05) is 24.3 Å². The minimum absolute atomic E-state index is 0.0516. The molecule has 2 aromatic rings. The topological polar surface area (TPSA) is 82.9 Å². The largest absolute Gasteiger partial charge is 0.467 e. The van der Waals surface area contributed by atoms with Crippen LogP contribution in [0.15, 0.2) is 47.1 Å². The first-order valence-electron chi connectivity index (χ1n) is 10.5. The average Bonchev–Trinajstić information content (AvgIpc) is 3.24. The highest BCUT2D eigenvalue weighted by Crippen LogP contribution is 2.44. The second-order valence-electron chi connectivity index (χ2n) is 8.54. The maximum absolute atomic E-state index is 13.5. The van der Waals surface area contributed by atoms with E-state index in [-0.39, 0.29) is 24.4 Å². The smallest absolute Gasteiger partial charge is 0.325 e. The van der Waals surface area contributed by atoms with Crippen molar-refractivity contribution in [2.45, 2.75) is 50.7 Å². The van der Waals surface area contributed by atoms with Gasteiger partial charge in [0.25, 0.3) is 5.91 Å². The highest BCUT2D eigenvalue weighted by atomic mass is 16.3. The summed E-state index contributed by atoms with van der Waals surface area (Å²) in [5.74, 6) is 0.676. The first-order chi connectivity index (χ1) is 14.5. The van der Waals surface area contributed by atoms with Crippen LogP contribution in [0.1, 0.15) is 43.1 Å². The summed E-state index contributed by atoms with van der Waals surface area (Å²) in [7, 11) is 0. The van der Waals surface area contributed by atoms with Gasteiger partial charge >= 0.3 is 6.03 Å². The fraction of sp³-hybridized carbons (Fsp3) is 0.435. The molecule has 2 fully saturated rings. The number of carbonyl (C=O) groups is 3. The molecule has 1 spiro atoms. The second-order valence-corrected chi connectivity index (χ2v) is 8.54. The Morgan fingerprint density at radius 3 is 2.80 bits per heavy atom. The molecular formula is C23H25N3O4. The number of carbonyl (C=O) groups excluding carboxylic acids is 3. The van der Waals surface area contributed by atoms with Crippen molar-refractivity contribution in [3.63, 3.8) is 0 Å². The van der Waals surface area contributed by atoms with E-state index in [0.717, 1.165) is 24.0 Å². The molecule has 7 heteroatoms. The van der Waals surface area contributed by atoms with E-state index in [1.807, 2.05) is 37.3 Å². The molecule has 2 atom stereocenters. The van der Waals surface area contributed by atoms with E-state index in [2.05, 4.69) is 5.32 Å². The molecule has 1 saturated carbocycles. The van der Waals surface area contributed by atoms with Crippen molar-refractivity contribution < 1.29 is 18.8 Å². The first-order valence-corrected chi connectivity index (χ1v) is 10.5. The van der Waals surface area contributed by atoms with Crippen LogP contribution >= 0.6 is 0 Å². The summed E-state index contributed by atoms with van der Waals surface area (Å²) in [4.78, 5) is 42.4. The zero-order chi connectivity index (χ0) is 20.9. The summed E-state index contributed by atoms with van der Waals surface area (Å²) in [5.41, 5.74) is 0.787. The van der Waals surface area contributed by atoms with E-state index in [4.69, 9.17) is 4.42 Å². The van der Waals surface area contributed by atoms with E-state index >= 15 is 0 Å².